The minimum atomic E-state index is -1.04. The van der Waals surface area contributed by atoms with Crippen LogP contribution in [0.3, 0.4) is 0 Å². The number of anilines is 1. The fourth-order valence-electron chi connectivity index (χ4n) is 3.44. The number of carbonyl (C=O) groups is 2. The van der Waals surface area contributed by atoms with Crippen molar-refractivity contribution in [3.63, 3.8) is 0 Å². The van der Waals surface area contributed by atoms with Crippen LogP contribution in [0.4, 0.5) is 5.82 Å². The van der Waals surface area contributed by atoms with Crippen LogP contribution in [0.25, 0.3) is 10.9 Å². The second-order valence-corrected chi connectivity index (χ2v) is 7.65. The minimum Gasteiger partial charge on any atom is -0.449 e. The Bertz CT molecular complexity index is 1130. The van der Waals surface area contributed by atoms with Gasteiger partial charge in [0.25, 0.3) is 5.91 Å². The number of nitrogens with zero attached hydrogens (tertiary/aromatic N) is 2. The minimum absolute atomic E-state index is 0.152. The molecule has 2 aromatic heterocycles. The third kappa shape index (κ3) is 3.91. The number of aromatic nitrogens is 2. The van der Waals surface area contributed by atoms with Gasteiger partial charge < -0.3 is 10.1 Å². The molecule has 0 unspecified atom stereocenters. The van der Waals surface area contributed by atoms with E-state index in [-0.39, 0.29) is 10.8 Å². The Morgan fingerprint density at radius 2 is 2.00 bits per heavy atom. The Kier molecular flexibility index (Phi) is 5.39. The van der Waals surface area contributed by atoms with E-state index in [9.17, 15) is 9.59 Å². The molecule has 1 aliphatic rings. The lowest BCUT2D eigenvalue weighted by Crippen LogP contribution is -2.30. The molecule has 0 spiro atoms. The van der Waals surface area contributed by atoms with Crippen molar-refractivity contribution in [3.05, 3.63) is 63.4 Å². The van der Waals surface area contributed by atoms with Gasteiger partial charge >= 0.3 is 5.97 Å². The molecule has 1 atom stereocenters. The Balaban J connectivity index is 1.57. The van der Waals surface area contributed by atoms with E-state index in [4.69, 9.17) is 27.9 Å². The summed E-state index contributed by atoms with van der Waals surface area (Å²) in [6, 6.07) is 8.92. The summed E-state index contributed by atoms with van der Waals surface area (Å²) in [5.74, 6) is -0.927. The van der Waals surface area contributed by atoms with Gasteiger partial charge in [-0.05, 0) is 43.9 Å². The van der Waals surface area contributed by atoms with Crippen molar-refractivity contribution in [1.29, 1.82) is 0 Å². The highest BCUT2D eigenvalue weighted by Gasteiger charge is 2.27. The Morgan fingerprint density at radius 1 is 1.21 bits per heavy atom. The number of fused-ring (bicyclic) bond motifs is 2. The van der Waals surface area contributed by atoms with E-state index in [1.807, 2.05) is 24.3 Å². The smallest absolute Gasteiger partial charge is 0.339 e. The molecular formula is C21H17Cl2N3O3. The fraction of sp³-hybridized carbons (Fsp3) is 0.238. The number of hydrogen-bond donors (Lipinski definition) is 1. The molecule has 29 heavy (non-hydrogen) atoms. The zero-order valence-electron chi connectivity index (χ0n) is 15.5. The van der Waals surface area contributed by atoms with Gasteiger partial charge in [0.05, 0.1) is 21.1 Å². The molecular weight excluding hydrogens is 413 g/mol. The molecule has 1 amide bonds. The van der Waals surface area contributed by atoms with Crippen molar-refractivity contribution < 1.29 is 14.3 Å². The first-order valence-corrected chi connectivity index (χ1v) is 9.93. The van der Waals surface area contributed by atoms with Crippen molar-refractivity contribution in [2.45, 2.75) is 32.3 Å². The first-order chi connectivity index (χ1) is 13.9. The van der Waals surface area contributed by atoms with Crippen LogP contribution in [0.5, 0.6) is 0 Å². The predicted molar refractivity (Wildman–Crippen MR) is 112 cm³/mol. The van der Waals surface area contributed by atoms with Gasteiger partial charge in [-0.1, -0.05) is 41.4 Å². The molecule has 0 fully saturated rings. The van der Waals surface area contributed by atoms with E-state index in [2.05, 4.69) is 15.3 Å². The number of esters is 1. The van der Waals surface area contributed by atoms with Crippen molar-refractivity contribution in [1.82, 2.24) is 9.97 Å². The van der Waals surface area contributed by atoms with Gasteiger partial charge in [-0.25, -0.2) is 9.78 Å². The van der Waals surface area contributed by atoms with Gasteiger partial charge in [-0.3, -0.25) is 9.78 Å². The summed E-state index contributed by atoms with van der Waals surface area (Å²) in [6.45, 7) is 1.50. The van der Waals surface area contributed by atoms with Crippen LogP contribution < -0.4 is 5.32 Å². The Morgan fingerprint density at radius 3 is 2.79 bits per heavy atom. The fourth-order valence-corrected chi connectivity index (χ4v) is 3.87. The normalized spacial score (nSPS) is 13.8. The number of carbonyl (C=O) groups excluding carboxylic acids is 2. The van der Waals surface area contributed by atoms with Gasteiger partial charge in [0.15, 0.2) is 11.9 Å². The summed E-state index contributed by atoms with van der Waals surface area (Å²) in [5, 5.41) is 3.83. The molecule has 0 radical (unpaired) electrons. The third-order valence-electron chi connectivity index (χ3n) is 4.83. The van der Waals surface area contributed by atoms with E-state index < -0.39 is 18.0 Å². The van der Waals surface area contributed by atoms with Gasteiger partial charge in [0, 0.05) is 17.3 Å². The monoisotopic (exact) mass is 429 g/mol. The summed E-state index contributed by atoms with van der Waals surface area (Å²) in [4.78, 5) is 34.1. The van der Waals surface area contributed by atoms with E-state index in [1.54, 1.807) is 0 Å². The predicted octanol–water partition coefficient (Wildman–Crippen LogP) is 4.61. The number of amides is 1. The zero-order chi connectivity index (χ0) is 20.5. The second-order valence-electron chi connectivity index (χ2n) is 6.80. The topological polar surface area (TPSA) is 81.2 Å². The number of para-hydroxylation sites is 1. The van der Waals surface area contributed by atoms with Gasteiger partial charge in [0.1, 0.15) is 0 Å². The molecule has 4 rings (SSSR count). The second kappa shape index (κ2) is 7.97. The Hall–Kier alpha value is -2.70. The molecule has 0 bridgehead atoms. The average molecular weight is 430 g/mol. The lowest BCUT2D eigenvalue weighted by molar-refractivity contribution is -0.123. The molecule has 1 aromatic carbocycles. The highest BCUT2D eigenvalue weighted by Crippen LogP contribution is 2.31. The lowest BCUT2D eigenvalue weighted by atomic mass is 10.0. The molecule has 3 aromatic rings. The van der Waals surface area contributed by atoms with E-state index in [1.165, 1.54) is 19.2 Å². The maximum absolute atomic E-state index is 13.0. The van der Waals surface area contributed by atoms with Crippen LogP contribution in [-0.4, -0.2) is 27.9 Å². The lowest BCUT2D eigenvalue weighted by Gasteiger charge is -2.16. The van der Waals surface area contributed by atoms with Crippen LogP contribution in [0.1, 0.15) is 35.0 Å². The van der Waals surface area contributed by atoms with Crippen LogP contribution in [0, 0.1) is 0 Å². The van der Waals surface area contributed by atoms with E-state index >= 15 is 0 Å². The number of halogens is 2. The molecule has 0 aliphatic heterocycles. The molecule has 1 aliphatic carbocycles. The summed E-state index contributed by atoms with van der Waals surface area (Å²) in [6.07, 6.45) is 2.86. The molecule has 0 saturated heterocycles. The average Bonchev–Trinajstić information content (AvgIpc) is 3.15. The summed E-state index contributed by atoms with van der Waals surface area (Å²) >= 11 is 11.8. The maximum atomic E-state index is 13.0. The van der Waals surface area contributed by atoms with Gasteiger partial charge in [-0.15, -0.1) is 0 Å². The van der Waals surface area contributed by atoms with Crippen LogP contribution in [0.2, 0.25) is 10.0 Å². The highest BCUT2D eigenvalue weighted by molar-refractivity contribution is 6.36. The summed E-state index contributed by atoms with van der Waals surface area (Å²) in [7, 11) is 0. The number of nitrogens with one attached hydrogen (secondary N) is 1. The van der Waals surface area contributed by atoms with Crippen molar-refractivity contribution in [2.75, 3.05) is 5.32 Å². The first-order valence-electron chi connectivity index (χ1n) is 9.17. The van der Waals surface area contributed by atoms with E-state index in [0.717, 1.165) is 41.4 Å². The zero-order valence-corrected chi connectivity index (χ0v) is 17.0. The number of ether oxygens (including phenoxy) is 1. The largest absolute Gasteiger partial charge is 0.449 e. The molecule has 8 heteroatoms. The summed E-state index contributed by atoms with van der Waals surface area (Å²) < 4.78 is 5.49. The quantitative estimate of drug-likeness (QED) is 0.612. The number of aryl methyl sites for hydroxylation is 1. The third-order valence-corrected chi connectivity index (χ3v) is 5.32. The van der Waals surface area contributed by atoms with Crippen molar-refractivity contribution in [3.8, 4) is 0 Å². The Labute approximate surface area is 177 Å². The molecule has 6 nitrogen and oxygen atoms in total. The molecule has 148 valence electrons. The van der Waals surface area contributed by atoms with E-state index in [0.29, 0.717) is 10.6 Å². The van der Waals surface area contributed by atoms with Crippen LogP contribution in [0.15, 0.2) is 36.5 Å². The molecule has 2 heterocycles. The maximum Gasteiger partial charge on any atom is 0.339 e. The molecule has 0 saturated carbocycles. The van der Waals surface area contributed by atoms with Crippen molar-refractivity contribution in [2.24, 2.45) is 0 Å². The number of rotatable bonds is 4. The van der Waals surface area contributed by atoms with Gasteiger partial charge in [-0.2, -0.15) is 0 Å². The molecule has 1 N–H and O–H groups in total. The number of benzene rings is 1. The van der Waals surface area contributed by atoms with Crippen LogP contribution >= 0.6 is 23.2 Å². The number of pyridine rings is 2. The van der Waals surface area contributed by atoms with Crippen molar-refractivity contribution >= 4 is 51.8 Å². The van der Waals surface area contributed by atoms with Gasteiger partial charge in [0.2, 0.25) is 0 Å². The summed E-state index contributed by atoms with van der Waals surface area (Å²) in [5.41, 5.74) is 3.06. The van der Waals surface area contributed by atoms with Crippen LogP contribution in [-0.2, 0) is 22.4 Å². The first kappa shape index (κ1) is 19.6. The number of hydrogen-bond acceptors (Lipinski definition) is 5. The SMILES string of the molecule is C[C@H](OC(=O)c1c2c(nc3ccccc13)CCC2)C(=O)Nc1ncc(Cl)cc1Cl. The standard InChI is InChI=1S/C21H17Cl2N3O3/c1-11(20(27)26-19-15(23)9-12(22)10-24-19)29-21(28)18-13-5-2-3-7-16(13)25-17-8-4-6-14(17)18/h2-3,5,7,9-11H,4,6,8H2,1H3,(H,24,26,27)/t11-/m0/s1. The highest BCUT2D eigenvalue weighted by atomic mass is 35.5.